The maximum atomic E-state index is 12.6. The number of hydrogen-bond donors (Lipinski definition) is 0. The topological polar surface area (TPSA) is 78.9 Å². The summed E-state index contributed by atoms with van der Waals surface area (Å²) in [6.45, 7) is 12.7. The van der Waals surface area contributed by atoms with E-state index in [1.807, 2.05) is 20.8 Å². The number of carbonyl (C=O) groups is 3. The summed E-state index contributed by atoms with van der Waals surface area (Å²) in [5.74, 6) is 1.29. The molecule has 3 fully saturated rings. The molecular formula is C29H44O6. The summed E-state index contributed by atoms with van der Waals surface area (Å²) in [4.78, 5) is 35.4. The highest BCUT2D eigenvalue weighted by Crippen LogP contribution is 2.66. The molecule has 0 N–H and O–H groups in total. The largest absolute Gasteiger partial charge is 0.467 e. The molecule has 3 saturated carbocycles. The molecule has 4 aliphatic rings. The molecule has 6 nitrogen and oxygen atoms in total. The molecule has 4 rings (SSSR count). The zero-order valence-electron chi connectivity index (χ0n) is 22.4. The van der Waals surface area contributed by atoms with Gasteiger partial charge in [-0.3, -0.25) is 14.4 Å². The Kier molecular flexibility index (Phi) is 7.16. The quantitative estimate of drug-likeness (QED) is 0.209. The Balaban J connectivity index is 1.54. The number of allylic oxidation sites excluding steroid dienone is 2. The molecule has 0 saturated heterocycles. The molecule has 0 aromatic carbocycles. The lowest BCUT2D eigenvalue weighted by molar-refractivity contribution is -0.169. The fraction of sp³-hybridized carbons (Fsp3) is 0.828. The van der Waals surface area contributed by atoms with Crippen LogP contribution in [0.25, 0.3) is 0 Å². The maximum Gasteiger partial charge on any atom is 0.311 e. The maximum absolute atomic E-state index is 12.6. The van der Waals surface area contributed by atoms with E-state index in [0.29, 0.717) is 36.8 Å². The molecule has 0 bridgehead atoms. The predicted molar refractivity (Wildman–Crippen MR) is 132 cm³/mol. The molecule has 0 spiro atoms. The fourth-order valence-electron chi connectivity index (χ4n) is 8.33. The van der Waals surface area contributed by atoms with Crippen molar-refractivity contribution in [3.05, 3.63) is 11.6 Å². The van der Waals surface area contributed by atoms with Crippen molar-refractivity contribution in [2.24, 2.45) is 39.9 Å². The minimum absolute atomic E-state index is 0.0271. The van der Waals surface area contributed by atoms with Gasteiger partial charge in [-0.25, -0.2) is 0 Å². The van der Waals surface area contributed by atoms with Gasteiger partial charge < -0.3 is 14.2 Å². The van der Waals surface area contributed by atoms with Crippen molar-refractivity contribution in [2.75, 3.05) is 6.61 Å². The average molecular weight is 489 g/mol. The van der Waals surface area contributed by atoms with E-state index < -0.39 is 5.41 Å². The number of esters is 2. The van der Waals surface area contributed by atoms with E-state index in [-0.39, 0.29) is 35.0 Å². The number of carbonyl (C=O) groups excluding carboxylic acids is 3. The summed E-state index contributed by atoms with van der Waals surface area (Å²) in [6.07, 6.45) is 10.2. The van der Waals surface area contributed by atoms with Gasteiger partial charge in [0, 0.05) is 18.3 Å². The van der Waals surface area contributed by atoms with Gasteiger partial charge in [0.1, 0.15) is 12.2 Å². The molecular weight excluding hydrogens is 444 g/mol. The zero-order valence-corrected chi connectivity index (χ0v) is 22.4. The van der Waals surface area contributed by atoms with E-state index in [0.717, 1.165) is 51.4 Å². The smallest absolute Gasteiger partial charge is 0.311 e. The highest BCUT2D eigenvalue weighted by atomic mass is 16.5. The lowest BCUT2D eigenvalue weighted by Crippen LogP contribution is -2.56. The molecule has 4 aliphatic carbocycles. The lowest BCUT2D eigenvalue weighted by Gasteiger charge is -2.60. The molecule has 6 heteroatoms. The van der Waals surface area contributed by atoms with Crippen molar-refractivity contribution in [3.8, 4) is 0 Å². The van der Waals surface area contributed by atoms with Crippen LogP contribution >= 0.6 is 0 Å². The van der Waals surface area contributed by atoms with Gasteiger partial charge in [-0.15, -0.1) is 0 Å². The Morgan fingerprint density at radius 1 is 1.17 bits per heavy atom. The molecule has 3 unspecified atom stereocenters. The van der Waals surface area contributed by atoms with Gasteiger partial charge in [-0.2, -0.15) is 0 Å². The van der Waals surface area contributed by atoms with Crippen LogP contribution in [0, 0.1) is 39.9 Å². The highest BCUT2D eigenvalue weighted by Gasteiger charge is 2.60. The Bertz CT molecular complexity index is 871. The Morgan fingerprint density at radius 3 is 2.57 bits per heavy atom. The molecule has 196 valence electrons. The van der Waals surface area contributed by atoms with Crippen LogP contribution in [0.4, 0.5) is 0 Å². The fourth-order valence-corrected chi connectivity index (χ4v) is 8.33. The summed E-state index contributed by atoms with van der Waals surface area (Å²) in [5.41, 5.74) is 1.03. The number of hydrogen-bond acceptors (Lipinski definition) is 6. The summed E-state index contributed by atoms with van der Waals surface area (Å²) >= 11 is 0. The van der Waals surface area contributed by atoms with Gasteiger partial charge in [0.05, 0.1) is 12.0 Å². The van der Waals surface area contributed by atoms with Gasteiger partial charge in [0.2, 0.25) is 0 Å². The number of fused-ring (bicyclic) bond motifs is 5. The second kappa shape index (κ2) is 9.55. The van der Waals surface area contributed by atoms with E-state index in [2.05, 4.69) is 19.9 Å². The summed E-state index contributed by atoms with van der Waals surface area (Å²) in [5, 5.41) is 0. The third-order valence-electron chi connectivity index (χ3n) is 10.0. The van der Waals surface area contributed by atoms with Crippen molar-refractivity contribution in [1.29, 1.82) is 0 Å². The molecule has 0 radical (unpaired) electrons. The van der Waals surface area contributed by atoms with Crippen LogP contribution in [0.5, 0.6) is 0 Å². The highest BCUT2D eigenvalue weighted by molar-refractivity contribution is 5.75. The zero-order chi connectivity index (χ0) is 25.6. The molecule has 0 aromatic heterocycles. The Morgan fingerprint density at radius 2 is 1.91 bits per heavy atom. The second-order valence-corrected chi connectivity index (χ2v) is 13.0. The Hall–Kier alpha value is -1.85. The van der Waals surface area contributed by atoms with Crippen molar-refractivity contribution in [3.63, 3.8) is 0 Å². The molecule has 35 heavy (non-hydrogen) atoms. The van der Waals surface area contributed by atoms with Crippen LogP contribution in [0.2, 0.25) is 0 Å². The van der Waals surface area contributed by atoms with Crippen molar-refractivity contribution in [1.82, 2.24) is 0 Å². The SMILES string of the molecule is CC(=O)OC1CC[C@@]2(COC=O)C(CC[C@H]3C4=CC[C@H](C(C)OC(=O)C(C)(C)C)[C@@]4(C)CC[C@@H]32)C1. The van der Waals surface area contributed by atoms with Crippen molar-refractivity contribution >= 4 is 18.4 Å². The van der Waals surface area contributed by atoms with Crippen LogP contribution in [-0.4, -0.2) is 37.2 Å². The molecule has 0 aliphatic heterocycles. The first-order valence-corrected chi connectivity index (χ1v) is 13.6. The molecule has 0 heterocycles. The van der Waals surface area contributed by atoms with E-state index in [9.17, 15) is 14.4 Å². The van der Waals surface area contributed by atoms with Crippen molar-refractivity contribution < 1.29 is 28.6 Å². The van der Waals surface area contributed by atoms with Gasteiger partial charge >= 0.3 is 11.9 Å². The van der Waals surface area contributed by atoms with E-state index in [1.165, 1.54) is 6.92 Å². The minimum Gasteiger partial charge on any atom is -0.467 e. The van der Waals surface area contributed by atoms with Crippen LogP contribution in [-0.2, 0) is 28.6 Å². The van der Waals surface area contributed by atoms with Crippen LogP contribution in [0.1, 0.15) is 92.9 Å². The predicted octanol–water partition coefficient (Wildman–Crippen LogP) is 5.63. The molecule has 0 amide bonds. The van der Waals surface area contributed by atoms with Gasteiger partial charge in [0.25, 0.3) is 6.47 Å². The summed E-state index contributed by atoms with van der Waals surface area (Å²) in [6, 6.07) is 0. The lowest BCUT2D eigenvalue weighted by atomic mass is 9.45. The number of rotatable bonds is 6. The van der Waals surface area contributed by atoms with Gasteiger partial charge in [-0.1, -0.05) is 18.6 Å². The van der Waals surface area contributed by atoms with Crippen LogP contribution in [0.3, 0.4) is 0 Å². The third kappa shape index (κ3) is 4.67. The first kappa shape index (κ1) is 26.2. The summed E-state index contributed by atoms with van der Waals surface area (Å²) < 4.78 is 17.1. The second-order valence-electron chi connectivity index (χ2n) is 13.0. The van der Waals surface area contributed by atoms with Crippen LogP contribution in [0.15, 0.2) is 11.6 Å². The number of ether oxygens (including phenoxy) is 3. The third-order valence-corrected chi connectivity index (χ3v) is 10.0. The van der Waals surface area contributed by atoms with E-state index in [1.54, 1.807) is 5.57 Å². The van der Waals surface area contributed by atoms with Gasteiger partial charge in [0.15, 0.2) is 0 Å². The normalized spacial score (nSPS) is 39.3. The molecule has 0 aromatic rings. The molecule has 8 atom stereocenters. The average Bonchev–Trinajstić information content (AvgIpc) is 3.14. The van der Waals surface area contributed by atoms with Gasteiger partial charge in [-0.05, 0) is 102 Å². The summed E-state index contributed by atoms with van der Waals surface area (Å²) in [7, 11) is 0. The van der Waals surface area contributed by atoms with E-state index >= 15 is 0 Å². The monoisotopic (exact) mass is 488 g/mol. The van der Waals surface area contributed by atoms with E-state index in [4.69, 9.17) is 14.2 Å². The first-order chi connectivity index (χ1) is 16.4. The first-order valence-electron chi connectivity index (χ1n) is 13.6. The van der Waals surface area contributed by atoms with Crippen LogP contribution < -0.4 is 0 Å². The standard InChI is InChI=1S/C29H44O6/c1-18(34-26(32)27(3,4)5)23-9-10-24-22-8-7-20-15-21(35-19(2)31)11-14-29(20,16-33-17-30)25(22)12-13-28(23,24)6/h10,17-18,20-23,25H,7-9,11-16H2,1-6H3/t18?,20?,21?,22-,23+,25-,28+,29+/m0/s1. The Labute approximate surface area is 210 Å². The minimum atomic E-state index is -0.504. The van der Waals surface area contributed by atoms with Crippen molar-refractivity contribution in [2.45, 2.75) is 105 Å².